The van der Waals surface area contributed by atoms with Crippen LogP contribution >= 0.6 is 27.0 Å². The van der Waals surface area contributed by atoms with E-state index in [2.05, 4.69) is 21.3 Å². The van der Waals surface area contributed by atoms with Crippen molar-refractivity contribution >= 4 is 62.4 Å². The number of nitrogens with one attached hydrogen (secondary N) is 4. The van der Waals surface area contributed by atoms with Crippen LogP contribution in [0, 0.1) is 0 Å². The fourth-order valence-electron chi connectivity index (χ4n) is 3.15. The van der Waals surface area contributed by atoms with E-state index in [1.807, 2.05) is 0 Å². The molecule has 0 aromatic rings. The van der Waals surface area contributed by atoms with Gasteiger partial charge in [-0.2, -0.15) is 27.0 Å². The third-order valence-electron chi connectivity index (χ3n) is 4.67. The maximum absolute atomic E-state index is 11.8. The summed E-state index contributed by atoms with van der Waals surface area (Å²) in [5.41, 5.74) is 0. The van der Waals surface area contributed by atoms with E-state index in [1.165, 1.54) is 0 Å². The van der Waals surface area contributed by atoms with Crippen LogP contribution in [0.3, 0.4) is 0 Å². The van der Waals surface area contributed by atoms with Crippen molar-refractivity contribution in [1.29, 1.82) is 0 Å². The molecule has 2 aliphatic rings. The molecule has 0 aromatic carbocycles. The number of hydrogen-bond acceptors (Lipinski definition) is 6. The van der Waals surface area contributed by atoms with Gasteiger partial charge in [0.05, 0.1) is 12.8 Å². The fourth-order valence-corrected chi connectivity index (χ4v) is 3.15. The van der Waals surface area contributed by atoms with Crippen LogP contribution in [0.15, 0.2) is 0 Å². The molecular formula is C18H30N4O6S2. The van der Waals surface area contributed by atoms with Gasteiger partial charge < -0.3 is 10.6 Å². The summed E-state index contributed by atoms with van der Waals surface area (Å²) >= 11 is 0. The Morgan fingerprint density at radius 1 is 0.667 bits per heavy atom. The van der Waals surface area contributed by atoms with Gasteiger partial charge in [0.2, 0.25) is 35.4 Å². The van der Waals surface area contributed by atoms with Crippen molar-refractivity contribution in [3.63, 3.8) is 0 Å². The monoisotopic (exact) mass is 462 g/mol. The molecule has 2 aliphatic heterocycles. The smallest absolute Gasteiger partial charge is 0.249 e. The van der Waals surface area contributed by atoms with Gasteiger partial charge in [-0.05, 0) is 12.8 Å². The molecule has 30 heavy (non-hydrogen) atoms. The lowest BCUT2D eigenvalue weighted by molar-refractivity contribution is -0.128. The molecule has 0 radical (unpaired) electrons. The van der Waals surface area contributed by atoms with E-state index in [1.54, 1.807) is 0 Å². The maximum atomic E-state index is 11.8. The number of amides is 6. The molecule has 0 aromatic heterocycles. The quantitative estimate of drug-likeness (QED) is 0.238. The summed E-state index contributed by atoms with van der Waals surface area (Å²) in [4.78, 5) is 68.3. The Kier molecular flexibility index (Phi) is 13.0. The first kappa shape index (κ1) is 27.9. The second-order valence-electron chi connectivity index (χ2n) is 7.09. The second kappa shape index (κ2) is 14.0. The van der Waals surface area contributed by atoms with Crippen LogP contribution in [0.5, 0.6) is 0 Å². The van der Waals surface area contributed by atoms with E-state index in [0.717, 1.165) is 25.7 Å². The van der Waals surface area contributed by atoms with Crippen molar-refractivity contribution in [1.82, 2.24) is 21.3 Å². The molecule has 170 valence electrons. The summed E-state index contributed by atoms with van der Waals surface area (Å²) in [6.45, 7) is 0. The minimum Gasteiger partial charge on any atom is -0.344 e. The third-order valence-corrected chi connectivity index (χ3v) is 4.67. The van der Waals surface area contributed by atoms with Crippen LogP contribution in [0.4, 0.5) is 0 Å². The summed E-state index contributed by atoms with van der Waals surface area (Å²) in [5.74, 6) is -2.13. The zero-order valence-corrected chi connectivity index (χ0v) is 18.7. The van der Waals surface area contributed by atoms with E-state index >= 15 is 0 Å². The Hall–Kier alpha value is -2.08. The van der Waals surface area contributed by atoms with E-state index in [0.29, 0.717) is 25.7 Å². The zero-order chi connectivity index (χ0) is 20.5. The predicted molar refractivity (Wildman–Crippen MR) is 117 cm³/mol. The molecule has 2 saturated heterocycles. The Balaban J connectivity index is 0.00000420. The van der Waals surface area contributed by atoms with Crippen molar-refractivity contribution in [2.45, 2.75) is 76.3 Å². The van der Waals surface area contributed by atoms with E-state index < -0.39 is 23.9 Å². The van der Waals surface area contributed by atoms with Crippen molar-refractivity contribution in [3.05, 3.63) is 0 Å². The van der Waals surface area contributed by atoms with Crippen molar-refractivity contribution in [3.8, 4) is 0 Å². The van der Waals surface area contributed by atoms with Crippen LogP contribution < -0.4 is 21.3 Å². The molecule has 10 nitrogen and oxygen atoms in total. The standard InChI is InChI=1S/C18H26N4O6.2H2S/c23-13(19-11-9-15(25)21-17(11)27)7-5-3-1-2-4-6-8-14(24)20-12-10-16(26)22-18(12)28;;/h11-12H,1-10H2,(H,19,23)(H,20,24)(H,21,25,27)(H,22,26,28);2*1H2/t11-,12-;;/m0../s1. The molecule has 2 heterocycles. The predicted octanol–water partition coefficient (Wildman–Crippen LogP) is -0.605. The number of unbranched alkanes of at least 4 members (excludes halogenated alkanes) is 5. The Bertz CT molecular complexity index is 617. The van der Waals surface area contributed by atoms with Crippen LogP contribution in [0.25, 0.3) is 0 Å². The maximum Gasteiger partial charge on any atom is 0.249 e. The van der Waals surface area contributed by atoms with Crippen molar-refractivity contribution < 1.29 is 28.8 Å². The van der Waals surface area contributed by atoms with Gasteiger partial charge in [0.1, 0.15) is 12.1 Å². The summed E-state index contributed by atoms with van der Waals surface area (Å²) in [6.07, 6.45) is 5.58. The Morgan fingerprint density at radius 3 is 1.30 bits per heavy atom. The first-order chi connectivity index (χ1) is 13.3. The first-order valence-electron chi connectivity index (χ1n) is 9.61. The highest BCUT2D eigenvalue weighted by Gasteiger charge is 2.32. The molecule has 2 fully saturated rings. The molecule has 0 aliphatic carbocycles. The Labute approximate surface area is 188 Å². The lowest BCUT2D eigenvalue weighted by Crippen LogP contribution is -2.40. The van der Waals surface area contributed by atoms with Gasteiger partial charge in [-0.15, -0.1) is 0 Å². The average molecular weight is 463 g/mol. The minimum absolute atomic E-state index is 0. The first-order valence-corrected chi connectivity index (χ1v) is 9.61. The second-order valence-corrected chi connectivity index (χ2v) is 7.09. The highest BCUT2D eigenvalue weighted by Crippen LogP contribution is 2.10. The molecule has 2 rings (SSSR count). The number of carbonyl (C=O) groups is 6. The average Bonchev–Trinajstić information content (AvgIpc) is 3.10. The number of carbonyl (C=O) groups excluding carboxylic acids is 6. The van der Waals surface area contributed by atoms with Gasteiger partial charge in [0.25, 0.3) is 0 Å². The highest BCUT2D eigenvalue weighted by atomic mass is 32.1. The van der Waals surface area contributed by atoms with Gasteiger partial charge in [-0.25, -0.2) is 0 Å². The summed E-state index contributed by atoms with van der Waals surface area (Å²) in [5, 5.41) is 9.39. The van der Waals surface area contributed by atoms with Crippen LogP contribution in [0.1, 0.15) is 64.2 Å². The van der Waals surface area contributed by atoms with Gasteiger partial charge in [0, 0.05) is 12.8 Å². The molecular weight excluding hydrogens is 432 g/mol. The lowest BCUT2D eigenvalue weighted by Gasteiger charge is -2.09. The molecule has 2 atom stereocenters. The Morgan fingerprint density at radius 2 is 1.00 bits per heavy atom. The molecule has 0 unspecified atom stereocenters. The minimum atomic E-state index is -0.750. The summed E-state index contributed by atoms with van der Waals surface area (Å²) in [6, 6.07) is -1.50. The summed E-state index contributed by atoms with van der Waals surface area (Å²) < 4.78 is 0. The number of imide groups is 2. The molecule has 12 heteroatoms. The topological polar surface area (TPSA) is 151 Å². The van der Waals surface area contributed by atoms with E-state index in [-0.39, 0.29) is 63.5 Å². The van der Waals surface area contributed by atoms with Crippen LogP contribution in [0.2, 0.25) is 0 Å². The number of rotatable bonds is 11. The number of hydrogen-bond donors (Lipinski definition) is 4. The van der Waals surface area contributed by atoms with Gasteiger partial charge in [-0.3, -0.25) is 39.4 Å². The summed E-state index contributed by atoms with van der Waals surface area (Å²) in [7, 11) is 0. The molecule has 0 bridgehead atoms. The zero-order valence-electron chi connectivity index (χ0n) is 16.7. The van der Waals surface area contributed by atoms with Crippen molar-refractivity contribution in [2.24, 2.45) is 0 Å². The molecule has 6 amide bonds. The van der Waals surface area contributed by atoms with Gasteiger partial charge in [0.15, 0.2) is 0 Å². The molecule has 0 saturated carbocycles. The van der Waals surface area contributed by atoms with Crippen LogP contribution in [-0.4, -0.2) is 47.5 Å². The van der Waals surface area contributed by atoms with E-state index in [9.17, 15) is 28.8 Å². The van der Waals surface area contributed by atoms with Gasteiger partial charge in [-0.1, -0.05) is 25.7 Å². The third kappa shape index (κ3) is 9.61. The molecule has 0 spiro atoms. The van der Waals surface area contributed by atoms with Gasteiger partial charge >= 0.3 is 0 Å². The van der Waals surface area contributed by atoms with Crippen LogP contribution in [-0.2, 0) is 28.8 Å². The van der Waals surface area contributed by atoms with Crippen molar-refractivity contribution in [2.75, 3.05) is 0 Å². The fraction of sp³-hybridized carbons (Fsp3) is 0.667. The largest absolute Gasteiger partial charge is 0.344 e. The normalized spacial score (nSPS) is 20.0. The lowest BCUT2D eigenvalue weighted by atomic mass is 10.1. The SMILES string of the molecule is O=C1C[C@H](NC(=O)CCCCCCCCC(=O)N[C@H]2CC(=O)NC2=O)C(=O)N1.S.S. The van der Waals surface area contributed by atoms with E-state index in [4.69, 9.17) is 0 Å². The highest BCUT2D eigenvalue weighted by molar-refractivity contribution is 7.59. The molecule has 4 N–H and O–H groups in total.